The second-order valence-electron chi connectivity index (χ2n) is 5.63. The minimum absolute atomic E-state index is 0.202. The third-order valence-electron chi connectivity index (χ3n) is 3.85. The Balaban J connectivity index is 1.74. The molecule has 1 atom stereocenters. The maximum Gasteiger partial charge on any atom is 0.254 e. The van der Waals surface area contributed by atoms with E-state index in [0.717, 1.165) is 5.69 Å². The van der Waals surface area contributed by atoms with Crippen LogP contribution in [0.5, 0.6) is 5.75 Å². The van der Waals surface area contributed by atoms with Crippen molar-refractivity contribution in [3.63, 3.8) is 0 Å². The maximum atomic E-state index is 12.7. The summed E-state index contributed by atoms with van der Waals surface area (Å²) in [5, 5.41) is 3.82. The normalized spacial score (nSPS) is 15.9. The summed E-state index contributed by atoms with van der Waals surface area (Å²) in [5.74, 6) is 0.196. The lowest BCUT2D eigenvalue weighted by Crippen LogP contribution is -2.38. The van der Waals surface area contributed by atoms with Crippen LogP contribution in [0.2, 0.25) is 10.0 Å². The van der Waals surface area contributed by atoms with Crippen LogP contribution < -0.4 is 15.0 Å². The fourth-order valence-corrected chi connectivity index (χ4v) is 3.08. The molecule has 1 heterocycles. The number of fused-ring (bicyclic) bond motifs is 1. The summed E-state index contributed by atoms with van der Waals surface area (Å²) in [5.41, 5.74) is 1.42. The Bertz CT molecular complexity index is 808. The lowest BCUT2D eigenvalue weighted by atomic mass is 10.1. The topological polar surface area (TPSA) is 58.6 Å². The van der Waals surface area contributed by atoms with Crippen LogP contribution in [0.15, 0.2) is 42.5 Å². The van der Waals surface area contributed by atoms with E-state index >= 15 is 0 Å². The summed E-state index contributed by atoms with van der Waals surface area (Å²) >= 11 is 11.9. The zero-order chi connectivity index (χ0) is 18.0. The molecule has 7 heteroatoms. The van der Waals surface area contributed by atoms with Gasteiger partial charge >= 0.3 is 0 Å². The predicted octanol–water partition coefficient (Wildman–Crippen LogP) is 3.60. The van der Waals surface area contributed by atoms with Gasteiger partial charge in [-0.2, -0.15) is 0 Å². The number of anilines is 1. The van der Waals surface area contributed by atoms with Gasteiger partial charge in [-0.15, -0.1) is 0 Å². The Labute approximate surface area is 155 Å². The Morgan fingerprint density at radius 3 is 2.52 bits per heavy atom. The number of ether oxygens (including phenoxy) is 1. The number of nitrogens with zero attached hydrogens (tertiary/aromatic N) is 1. The number of amides is 2. The van der Waals surface area contributed by atoms with Crippen LogP contribution in [0.4, 0.5) is 5.69 Å². The molecule has 3 rings (SSSR count). The van der Waals surface area contributed by atoms with E-state index in [1.165, 1.54) is 6.92 Å². The summed E-state index contributed by atoms with van der Waals surface area (Å²) < 4.78 is 5.66. The standard InChI is InChI=1S/C18H16Cl2N2O3/c1-11(23)21-17-15-10-13(20)4-7-16(15)22(18(17)24)8-9-25-14-5-2-12(19)3-6-14/h2-7,10,17H,8-9H2,1H3,(H,21,23)/t17-/m0/s1. The van der Waals surface area contributed by atoms with Crippen LogP contribution in [-0.4, -0.2) is 25.0 Å². The summed E-state index contributed by atoms with van der Waals surface area (Å²) in [6.45, 7) is 2.04. The molecule has 130 valence electrons. The highest BCUT2D eigenvalue weighted by Crippen LogP contribution is 2.37. The van der Waals surface area contributed by atoms with Gasteiger partial charge in [-0.3, -0.25) is 9.59 Å². The van der Waals surface area contributed by atoms with Crippen LogP contribution in [0.1, 0.15) is 18.5 Å². The van der Waals surface area contributed by atoms with Crippen molar-refractivity contribution < 1.29 is 14.3 Å². The lowest BCUT2D eigenvalue weighted by Gasteiger charge is -2.18. The lowest BCUT2D eigenvalue weighted by molar-refractivity contribution is -0.126. The van der Waals surface area contributed by atoms with Gasteiger partial charge in [-0.05, 0) is 42.5 Å². The molecular weight excluding hydrogens is 363 g/mol. The van der Waals surface area contributed by atoms with Crippen molar-refractivity contribution in [3.05, 3.63) is 58.1 Å². The van der Waals surface area contributed by atoms with Gasteiger partial charge in [-0.1, -0.05) is 23.2 Å². The molecule has 2 amide bonds. The SMILES string of the molecule is CC(=O)N[C@@H]1C(=O)N(CCOc2ccc(Cl)cc2)c2ccc(Cl)cc21. The fourth-order valence-electron chi connectivity index (χ4n) is 2.77. The van der Waals surface area contributed by atoms with Crippen molar-refractivity contribution >= 4 is 40.7 Å². The summed E-state index contributed by atoms with van der Waals surface area (Å²) in [6.07, 6.45) is 0. The zero-order valence-electron chi connectivity index (χ0n) is 13.5. The van der Waals surface area contributed by atoms with Gasteiger partial charge in [-0.25, -0.2) is 0 Å². The summed E-state index contributed by atoms with van der Waals surface area (Å²) in [7, 11) is 0. The molecule has 0 fully saturated rings. The largest absolute Gasteiger partial charge is 0.492 e. The Morgan fingerprint density at radius 2 is 1.84 bits per heavy atom. The highest BCUT2D eigenvalue weighted by molar-refractivity contribution is 6.31. The first-order valence-electron chi connectivity index (χ1n) is 7.72. The molecule has 25 heavy (non-hydrogen) atoms. The minimum atomic E-state index is -0.721. The molecule has 1 aliphatic rings. The first kappa shape index (κ1) is 17.6. The molecule has 0 saturated carbocycles. The Morgan fingerprint density at radius 1 is 1.16 bits per heavy atom. The van der Waals surface area contributed by atoms with E-state index in [9.17, 15) is 9.59 Å². The van der Waals surface area contributed by atoms with Gasteiger partial charge in [0.05, 0.1) is 6.54 Å². The zero-order valence-corrected chi connectivity index (χ0v) is 15.0. The van der Waals surface area contributed by atoms with Crippen LogP contribution in [0.3, 0.4) is 0 Å². The van der Waals surface area contributed by atoms with E-state index in [4.69, 9.17) is 27.9 Å². The van der Waals surface area contributed by atoms with Crippen molar-refractivity contribution in [2.45, 2.75) is 13.0 Å². The highest BCUT2D eigenvalue weighted by atomic mass is 35.5. The maximum absolute atomic E-state index is 12.7. The first-order valence-corrected chi connectivity index (χ1v) is 8.47. The number of carbonyl (C=O) groups excluding carboxylic acids is 2. The van der Waals surface area contributed by atoms with Gasteiger partial charge in [0, 0.05) is 28.2 Å². The van der Waals surface area contributed by atoms with E-state index < -0.39 is 6.04 Å². The highest BCUT2D eigenvalue weighted by Gasteiger charge is 2.37. The first-order chi connectivity index (χ1) is 12.0. The molecule has 0 bridgehead atoms. The average Bonchev–Trinajstić information content (AvgIpc) is 2.81. The molecule has 5 nitrogen and oxygen atoms in total. The Kier molecular flexibility index (Phi) is 5.16. The smallest absolute Gasteiger partial charge is 0.254 e. The number of hydrogen-bond donors (Lipinski definition) is 1. The van der Waals surface area contributed by atoms with Crippen LogP contribution in [0.25, 0.3) is 0 Å². The second kappa shape index (κ2) is 7.33. The number of nitrogens with one attached hydrogen (secondary N) is 1. The Hall–Kier alpha value is -2.24. The van der Waals surface area contributed by atoms with Crippen LogP contribution in [0, 0.1) is 0 Å². The molecule has 0 spiro atoms. The molecule has 0 aliphatic carbocycles. The van der Waals surface area contributed by atoms with Gasteiger partial charge < -0.3 is 15.0 Å². The van der Waals surface area contributed by atoms with E-state index in [2.05, 4.69) is 5.32 Å². The van der Waals surface area contributed by atoms with Gasteiger partial charge in [0.15, 0.2) is 0 Å². The van der Waals surface area contributed by atoms with Crippen molar-refractivity contribution in [2.75, 3.05) is 18.1 Å². The van der Waals surface area contributed by atoms with Gasteiger partial charge in [0.1, 0.15) is 18.4 Å². The minimum Gasteiger partial charge on any atom is -0.492 e. The number of benzene rings is 2. The molecule has 0 unspecified atom stereocenters. The van der Waals surface area contributed by atoms with Crippen molar-refractivity contribution in [1.29, 1.82) is 0 Å². The van der Waals surface area contributed by atoms with E-state index in [1.807, 2.05) is 0 Å². The molecule has 1 aliphatic heterocycles. The summed E-state index contributed by atoms with van der Waals surface area (Å²) in [4.78, 5) is 25.7. The molecule has 2 aromatic carbocycles. The van der Waals surface area contributed by atoms with Crippen LogP contribution >= 0.6 is 23.2 Å². The van der Waals surface area contributed by atoms with Crippen molar-refractivity contribution in [2.24, 2.45) is 0 Å². The fraction of sp³-hybridized carbons (Fsp3) is 0.222. The molecular formula is C18H16Cl2N2O3. The van der Waals surface area contributed by atoms with E-state index in [1.54, 1.807) is 47.4 Å². The number of hydrogen-bond acceptors (Lipinski definition) is 3. The van der Waals surface area contributed by atoms with Crippen molar-refractivity contribution in [1.82, 2.24) is 5.32 Å². The molecule has 2 aromatic rings. The van der Waals surface area contributed by atoms with Crippen molar-refractivity contribution in [3.8, 4) is 5.75 Å². The third kappa shape index (κ3) is 3.89. The van der Waals surface area contributed by atoms with Gasteiger partial charge in [0.2, 0.25) is 5.91 Å². The van der Waals surface area contributed by atoms with E-state index in [0.29, 0.717) is 34.5 Å². The van der Waals surface area contributed by atoms with Gasteiger partial charge in [0.25, 0.3) is 5.91 Å². The molecule has 1 N–H and O–H groups in total. The molecule has 0 aromatic heterocycles. The third-order valence-corrected chi connectivity index (χ3v) is 4.34. The number of rotatable bonds is 5. The monoisotopic (exact) mass is 378 g/mol. The number of carbonyl (C=O) groups is 2. The predicted molar refractivity (Wildman–Crippen MR) is 97.3 cm³/mol. The quantitative estimate of drug-likeness (QED) is 0.864. The molecule has 0 saturated heterocycles. The summed E-state index contributed by atoms with van der Waals surface area (Å²) in [6, 6.07) is 11.5. The average molecular weight is 379 g/mol. The van der Waals surface area contributed by atoms with Crippen LogP contribution in [-0.2, 0) is 9.59 Å². The number of halogens is 2. The molecule has 0 radical (unpaired) electrons. The van der Waals surface area contributed by atoms with E-state index in [-0.39, 0.29) is 11.8 Å². The second-order valence-corrected chi connectivity index (χ2v) is 6.50.